The average molecular weight is 306 g/mol. The number of aryl methyl sites for hydroxylation is 1. The van der Waals surface area contributed by atoms with Crippen LogP contribution >= 0.6 is 11.8 Å². The van der Waals surface area contributed by atoms with Gasteiger partial charge in [-0.05, 0) is 26.0 Å². The van der Waals surface area contributed by atoms with Crippen LogP contribution in [0.3, 0.4) is 0 Å². The van der Waals surface area contributed by atoms with Gasteiger partial charge in [0.15, 0.2) is 5.16 Å². The SMILES string of the molecule is CCOc1ccccc1NC(=O)C(C)Sc1nncn1C. The van der Waals surface area contributed by atoms with E-state index in [1.165, 1.54) is 11.8 Å². The summed E-state index contributed by atoms with van der Waals surface area (Å²) >= 11 is 1.36. The van der Waals surface area contributed by atoms with Crippen molar-refractivity contribution in [2.45, 2.75) is 24.3 Å². The van der Waals surface area contributed by atoms with Gasteiger partial charge in [-0.3, -0.25) is 4.79 Å². The molecule has 0 spiro atoms. The summed E-state index contributed by atoms with van der Waals surface area (Å²) < 4.78 is 7.27. The number of carbonyl (C=O) groups excluding carboxylic acids is 1. The summed E-state index contributed by atoms with van der Waals surface area (Å²) in [5.74, 6) is 0.569. The van der Waals surface area contributed by atoms with Crippen molar-refractivity contribution in [3.63, 3.8) is 0 Å². The number of thioether (sulfide) groups is 1. The molecule has 0 aliphatic heterocycles. The molecule has 0 aliphatic rings. The van der Waals surface area contributed by atoms with Gasteiger partial charge in [-0.1, -0.05) is 23.9 Å². The van der Waals surface area contributed by atoms with E-state index in [-0.39, 0.29) is 11.2 Å². The molecule has 0 saturated carbocycles. The zero-order valence-corrected chi connectivity index (χ0v) is 13.1. The van der Waals surface area contributed by atoms with Gasteiger partial charge in [0.25, 0.3) is 0 Å². The molecule has 7 heteroatoms. The summed E-state index contributed by atoms with van der Waals surface area (Å²) in [6.07, 6.45) is 1.61. The first-order chi connectivity index (χ1) is 10.1. The van der Waals surface area contributed by atoms with Gasteiger partial charge in [-0.2, -0.15) is 0 Å². The minimum atomic E-state index is -0.289. The van der Waals surface area contributed by atoms with Crippen molar-refractivity contribution in [1.29, 1.82) is 0 Å². The van der Waals surface area contributed by atoms with Crippen molar-refractivity contribution in [1.82, 2.24) is 14.8 Å². The van der Waals surface area contributed by atoms with Gasteiger partial charge in [0.05, 0.1) is 17.5 Å². The predicted molar refractivity (Wildman–Crippen MR) is 82.6 cm³/mol. The minimum absolute atomic E-state index is 0.102. The van der Waals surface area contributed by atoms with E-state index in [1.807, 2.05) is 45.2 Å². The van der Waals surface area contributed by atoms with Crippen LogP contribution in [0.1, 0.15) is 13.8 Å². The maximum absolute atomic E-state index is 12.3. The van der Waals surface area contributed by atoms with Gasteiger partial charge < -0.3 is 14.6 Å². The average Bonchev–Trinajstić information content (AvgIpc) is 2.86. The van der Waals surface area contributed by atoms with Gasteiger partial charge in [-0.25, -0.2) is 0 Å². The summed E-state index contributed by atoms with van der Waals surface area (Å²) in [5, 5.41) is 11.1. The second-order valence-electron chi connectivity index (χ2n) is 4.40. The number of hydrogen-bond acceptors (Lipinski definition) is 5. The quantitative estimate of drug-likeness (QED) is 0.830. The number of nitrogens with zero attached hydrogens (tertiary/aromatic N) is 3. The number of rotatable bonds is 6. The largest absolute Gasteiger partial charge is 0.492 e. The molecule has 1 aromatic heterocycles. The lowest BCUT2D eigenvalue weighted by Gasteiger charge is -2.14. The fraction of sp³-hybridized carbons (Fsp3) is 0.357. The number of nitrogens with one attached hydrogen (secondary N) is 1. The van der Waals surface area contributed by atoms with Crippen molar-refractivity contribution in [3.05, 3.63) is 30.6 Å². The molecule has 0 bridgehead atoms. The standard InChI is InChI=1S/C14H18N4O2S/c1-4-20-12-8-6-5-7-11(12)16-13(19)10(2)21-14-17-15-9-18(14)3/h5-10H,4H2,1-3H3,(H,16,19). The maximum Gasteiger partial charge on any atom is 0.237 e. The molecule has 0 saturated heterocycles. The molecule has 1 heterocycles. The molecule has 1 amide bonds. The molecule has 6 nitrogen and oxygen atoms in total. The third kappa shape index (κ3) is 3.98. The topological polar surface area (TPSA) is 69.0 Å². The van der Waals surface area contributed by atoms with Gasteiger partial charge in [0, 0.05) is 7.05 Å². The Bertz CT molecular complexity index is 615. The Hall–Kier alpha value is -2.02. The zero-order chi connectivity index (χ0) is 15.2. The van der Waals surface area contributed by atoms with Crippen LogP contribution in [0, 0.1) is 0 Å². The first-order valence-electron chi connectivity index (χ1n) is 6.65. The fourth-order valence-electron chi connectivity index (χ4n) is 1.68. The molecule has 2 aromatic rings. The van der Waals surface area contributed by atoms with Crippen LogP contribution in [0.2, 0.25) is 0 Å². The predicted octanol–water partition coefficient (Wildman–Crippen LogP) is 2.33. The lowest BCUT2D eigenvalue weighted by Crippen LogP contribution is -2.23. The summed E-state index contributed by atoms with van der Waals surface area (Å²) in [5.41, 5.74) is 0.676. The molecule has 21 heavy (non-hydrogen) atoms. The minimum Gasteiger partial charge on any atom is -0.492 e. The van der Waals surface area contributed by atoms with Crippen LogP contribution in [-0.2, 0) is 11.8 Å². The molecular weight excluding hydrogens is 288 g/mol. The zero-order valence-electron chi connectivity index (χ0n) is 12.2. The van der Waals surface area contributed by atoms with Gasteiger partial charge >= 0.3 is 0 Å². The van der Waals surface area contributed by atoms with Crippen LogP contribution in [0.4, 0.5) is 5.69 Å². The smallest absolute Gasteiger partial charge is 0.237 e. The Kier molecular flexibility index (Phi) is 5.21. The number of carbonyl (C=O) groups is 1. The second-order valence-corrected chi connectivity index (χ2v) is 5.71. The first kappa shape index (κ1) is 15.4. The monoisotopic (exact) mass is 306 g/mol. The van der Waals surface area contributed by atoms with Crippen LogP contribution in [0.25, 0.3) is 0 Å². The third-order valence-electron chi connectivity index (χ3n) is 2.77. The van der Waals surface area contributed by atoms with Crippen LogP contribution in [-0.4, -0.2) is 32.5 Å². The van der Waals surface area contributed by atoms with E-state index in [2.05, 4.69) is 15.5 Å². The molecule has 1 unspecified atom stereocenters. The van der Waals surface area contributed by atoms with Gasteiger partial charge in [0.2, 0.25) is 5.91 Å². The Balaban J connectivity index is 2.02. The number of para-hydroxylation sites is 2. The van der Waals surface area contributed by atoms with Crippen LogP contribution < -0.4 is 10.1 Å². The van der Waals surface area contributed by atoms with Crippen LogP contribution in [0.5, 0.6) is 5.75 Å². The van der Waals surface area contributed by atoms with E-state index in [4.69, 9.17) is 4.74 Å². The highest BCUT2D eigenvalue weighted by molar-refractivity contribution is 8.00. The number of benzene rings is 1. The van der Waals surface area contributed by atoms with Crippen LogP contribution in [0.15, 0.2) is 35.7 Å². The van der Waals surface area contributed by atoms with E-state index in [1.54, 1.807) is 10.9 Å². The van der Waals surface area contributed by atoms with Crippen molar-refractivity contribution in [3.8, 4) is 5.75 Å². The highest BCUT2D eigenvalue weighted by atomic mass is 32.2. The Morgan fingerprint density at radius 2 is 2.24 bits per heavy atom. The molecule has 2 rings (SSSR count). The van der Waals surface area contributed by atoms with E-state index < -0.39 is 0 Å². The molecule has 0 aliphatic carbocycles. The fourth-order valence-corrected chi connectivity index (χ4v) is 2.47. The Morgan fingerprint density at radius 3 is 2.90 bits per heavy atom. The van der Waals surface area contributed by atoms with E-state index in [9.17, 15) is 4.79 Å². The third-order valence-corrected chi connectivity index (χ3v) is 3.91. The molecule has 112 valence electrons. The van der Waals surface area contributed by atoms with Crippen molar-refractivity contribution < 1.29 is 9.53 Å². The molecule has 0 radical (unpaired) electrons. The number of hydrogen-bond donors (Lipinski definition) is 1. The highest BCUT2D eigenvalue weighted by Gasteiger charge is 2.18. The first-order valence-corrected chi connectivity index (χ1v) is 7.53. The highest BCUT2D eigenvalue weighted by Crippen LogP contribution is 2.26. The molecule has 0 fully saturated rings. The van der Waals surface area contributed by atoms with E-state index in [0.717, 1.165) is 0 Å². The number of ether oxygens (including phenoxy) is 1. The normalized spacial score (nSPS) is 12.0. The van der Waals surface area contributed by atoms with Crippen molar-refractivity contribution in [2.24, 2.45) is 7.05 Å². The number of amides is 1. The lowest BCUT2D eigenvalue weighted by atomic mass is 10.3. The lowest BCUT2D eigenvalue weighted by molar-refractivity contribution is -0.115. The van der Waals surface area contributed by atoms with Crippen molar-refractivity contribution in [2.75, 3.05) is 11.9 Å². The van der Waals surface area contributed by atoms with E-state index >= 15 is 0 Å². The summed E-state index contributed by atoms with van der Waals surface area (Å²) in [7, 11) is 1.84. The van der Waals surface area contributed by atoms with Gasteiger partial charge in [0.1, 0.15) is 12.1 Å². The summed E-state index contributed by atoms with van der Waals surface area (Å²) in [6.45, 7) is 4.29. The number of aromatic nitrogens is 3. The Morgan fingerprint density at radius 1 is 1.48 bits per heavy atom. The molecule has 1 atom stereocenters. The van der Waals surface area contributed by atoms with E-state index in [0.29, 0.717) is 23.2 Å². The second kappa shape index (κ2) is 7.12. The summed E-state index contributed by atoms with van der Waals surface area (Å²) in [4.78, 5) is 12.3. The van der Waals surface area contributed by atoms with Crippen molar-refractivity contribution >= 4 is 23.4 Å². The number of anilines is 1. The maximum atomic E-state index is 12.3. The van der Waals surface area contributed by atoms with Gasteiger partial charge in [-0.15, -0.1) is 10.2 Å². The molecule has 1 aromatic carbocycles. The molecule has 1 N–H and O–H groups in total. The Labute approximate surface area is 127 Å². The summed E-state index contributed by atoms with van der Waals surface area (Å²) in [6, 6.07) is 7.39. The molecular formula is C14H18N4O2S.